The second-order valence-corrected chi connectivity index (χ2v) is 14.0. The zero-order valence-corrected chi connectivity index (χ0v) is 27.1. The molecule has 0 bridgehead atoms. The molecule has 3 heterocycles. The topological polar surface area (TPSA) is 113 Å². The number of hydrogen-bond acceptors (Lipinski definition) is 7. The van der Waals surface area contributed by atoms with E-state index in [4.69, 9.17) is 14.8 Å². The first kappa shape index (κ1) is 31.7. The summed E-state index contributed by atoms with van der Waals surface area (Å²) in [5.74, 6) is 1.69. The van der Waals surface area contributed by atoms with Gasteiger partial charge in [-0.05, 0) is 57.7 Å². The number of unbranched alkanes of at least 4 members (excludes halogenated alkanes) is 3. The number of H-pyrrole nitrogens is 1. The Labute approximate surface area is 255 Å². The smallest absolute Gasteiger partial charge is 0.277 e. The Kier molecular flexibility index (Phi) is 10.2. The number of nitrogens with zero attached hydrogens (tertiary/aromatic N) is 5. The van der Waals surface area contributed by atoms with Gasteiger partial charge in [-0.2, -0.15) is 4.31 Å². The van der Waals surface area contributed by atoms with E-state index < -0.39 is 10.0 Å². The average molecular weight is 613 g/mol. The zero-order chi connectivity index (χ0) is 30.6. The molecule has 1 atom stereocenters. The van der Waals surface area contributed by atoms with Crippen molar-refractivity contribution >= 4 is 15.5 Å². The summed E-state index contributed by atoms with van der Waals surface area (Å²) in [5, 5.41) is 4.88. The van der Waals surface area contributed by atoms with E-state index in [1.54, 1.807) is 27.0 Å². The summed E-state index contributed by atoms with van der Waals surface area (Å²) in [6.45, 7) is 10.9. The van der Waals surface area contributed by atoms with Gasteiger partial charge in [0.2, 0.25) is 10.0 Å². The molecule has 3 aromatic rings. The summed E-state index contributed by atoms with van der Waals surface area (Å²) < 4.78 is 36.8. The summed E-state index contributed by atoms with van der Waals surface area (Å²) in [6.07, 6.45) is 11.5. The molecule has 2 fully saturated rings. The maximum absolute atomic E-state index is 13.8. The van der Waals surface area contributed by atoms with E-state index in [0.717, 1.165) is 38.2 Å². The summed E-state index contributed by atoms with van der Waals surface area (Å²) >= 11 is 0. The molecular formula is C32H48N6O4S. The Morgan fingerprint density at radius 3 is 2.47 bits per heavy atom. The van der Waals surface area contributed by atoms with Crippen LogP contribution in [0, 0.1) is 6.92 Å². The van der Waals surface area contributed by atoms with Crippen molar-refractivity contribution in [1.82, 2.24) is 28.8 Å². The summed E-state index contributed by atoms with van der Waals surface area (Å²) in [4.78, 5) is 23.8. The third-order valence-corrected chi connectivity index (χ3v) is 11.1. The van der Waals surface area contributed by atoms with E-state index in [-0.39, 0.29) is 22.2 Å². The van der Waals surface area contributed by atoms with Crippen LogP contribution in [0.5, 0.6) is 5.75 Å². The molecule has 2 aliphatic rings. The number of ether oxygens (including phenoxy) is 1. The number of aromatic nitrogens is 4. The largest absolute Gasteiger partial charge is 0.493 e. The molecule has 43 heavy (non-hydrogen) atoms. The van der Waals surface area contributed by atoms with E-state index in [1.165, 1.54) is 44.9 Å². The quantitative estimate of drug-likeness (QED) is 0.254. The lowest BCUT2D eigenvalue weighted by Gasteiger charge is -2.37. The van der Waals surface area contributed by atoms with Gasteiger partial charge in [0.1, 0.15) is 11.6 Å². The third kappa shape index (κ3) is 6.68. The van der Waals surface area contributed by atoms with Gasteiger partial charge in [-0.15, -0.1) is 5.10 Å². The lowest BCUT2D eigenvalue weighted by atomic mass is 9.97. The summed E-state index contributed by atoms with van der Waals surface area (Å²) in [7, 11) is -3.75. The molecule has 2 aromatic heterocycles. The summed E-state index contributed by atoms with van der Waals surface area (Å²) in [5.41, 5.74) is 1.20. The molecule has 1 saturated carbocycles. The van der Waals surface area contributed by atoms with E-state index >= 15 is 0 Å². The second-order valence-electron chi connectivity index (χ2n) is 12.0. The van der Waals surface area contributed by atoms with Gasteiger partial charge >= 0.3 is 0 Å². The molecule has 0 spiro atoms. The zero-order valence-electron chi connectivity index (χ0n) is 26.3. The number of nitrogens with one attached hydrogen (secondary N) is 1. The molecule has 236 valence electrons. The number of benzene rings is 1. The monoisotopic (exact) mass is 612 g/mol. The van der Waals surface area contributed by atoms with Crippen LogP contribution < -0.4 is 10.3 Å². The number of rotatable bonds is 13. The van der Waals surface area contributed by atoms with E-state index in [0.29, 0.717) is 48.3 Å². The first-order valence-electron chi connectivity index (χ1n) is 16.3. The lowest BCUT2D eigenvalue weighted by molar-refractivity contribution is 0.139. The van der Waals surface area contributed by atoms with Crippen molar-refractivity contribution in [3.8, 4) is 17.1 Å². The Balaban J connectivity index is 1.49. The van der Waals surface area contributed by atoms with Crippen molar-refractivity contribution in [3.63, 3.8) is 0 Å². The lowest BCUT2D eigenvalue weighted by Crippen LogP contribution is -2.51. The minimum absolute atomic E-state index is 0.168. The van der Waals surface area contributed by atoms with Crippen LogP contribution >= 0.6 is 0 Å². The van der Waals surface area contributed by atoms with Crippen LogP contribution in [0.15, 0.2) is 27.9 Å². The maximum atomic E-state index is 13.8. The SMILES string of the molecule is CCCCCCC(CC)c1nc(C)c2c(=O)[nH]c(-c3cc(S(=O)(=O)N4CCN(C5CCCC5)CC4)ccc3OCC)nn12. The molecule has 1 saturated heterocycles. The minimum Gasteiger partial charge on any atom is -0.493 e. The third-order valence-electron chi connectivity index (χ3n) is 9.22. The van der Waals surface area contributed by atoms with Gasteiger partial charge in [0.15, 0.2) is 11.3 Å². The van der Waals surface area contributed by atoms with Gasteiger partial charge in [0.25, 0.3) is 5.56 Å². The fourth-order valence-electron chi connectivity index (χ4n) is 6.78. The van der Waals surface area contributed by atoms with Gasteiger partial charge in [0.05, 0.1) is 22.8 Å². The van der Waals surface area contributed by atoms with Crippen molar-refractivity contribution in [3.05, 3.63) is 40.1 Å². The van der Waals surface area contributed by atoms with Gasteiger partial charge in [-0.25, -0.2) is 17.9 Å². The molecule has 1 N–H and O–H groups in total. The minimum atomic E-state index is -3.75. The van der Waals surface area contributed by atoms with Gasteiger partial charge in [-0.1, -0.05) is 52.4 Å². The van der Waals surface area contributed by atoms with Gasteiger partial charge in [0, 0.05) is 38.1 Å². The predicted octanol–water partition coefficient (Wildman–Crippen LogP) is 5.50. The van der Waals surface area contributed by atoms with Crippen molar-refractivity contribution in [2.24, 2.45) is 0 Å². The normalized spacial score (nSPS) is 18.0. The fraction of sp³-hybridized carbons (Fsp3) is 0.656. The van der Waals surface area contributed by atoms with Gasteiger partial charge < -0.3 is 9.72 Å². The highest BCUT2D eigenvalue weighted by Crippen LogP contribution is 2.33. The van der Waals surface area contributed by atoms with Crippen LogP contribution in [0.2, 0.25) is 0 Å². The molecule has 5 rings (SSSR count). The predicted molar refractivity (Wildman–Crippen MR) is 169 cm³/mol. The van der Waals surface area contributed by atoms with Crippen molar-refractivity contribution in [2.45, 2.75) is 109 Å². The van der Waals surface area contributed by atoms with Crippen LogP contribution in [-0.2, 0) is 10.0 Å². The maximum Gasteiger partial charge on any atom is 0.277 e. The van der Waals surface area contributed by atoms with Crippen LogP contribution in [-0.4, -0.2) is 76.0 Å². The van der Waals surface area contributed by atoms with Crippen molar-refractivity contribution in [2.75, 3.05) is 32.8 Å². The molecule has 11 heteroatoms. The molecule has 1 aliphatic heterocycles. The molecule has 0 radical (unpaired) electrons. The molecular weight excluding hydrogens is 564 g/mol. The molecule has 1 aromatic carbocycles. The van der Waals surface area contributed by atoms with Crippen LogP contribution in [0.1, 0.15) is 102 Å². The Hall–Kier alpha value is -2.76. The number of aryl methyl sites for hydroxylation is 1. The van der Waals surface area contributed by atoms with Crippen LogP contribution in [0.25, 0.3) is 16.9 Å². The number of fused-ring (bicyclic) bond motifs is 1. The fourth-order valence-corrected chi connectivity index (χ4v) is 8.22. The highest BCUT2D eigenvalue weighted by molar-refractivity contribution is 7.89. The van der Waals surface area contributed by atoms with Crippen molar-refractivity contribution in [1.29, 1.82) is 0 Å². The number of imidazole rings is 1. The van der Waals surface area contributed by atoms with Gasteiger partial charge in [-0.3, -0.25) is 9.69 Å². The standard InChI is InChI=1S/C32H48N6O4S/c1-5-8-9-10-13-24(6-2)31-33-23(4)29-32(39)34-30(35-38(29)31)27-22-26(16-17-28(27)42-7-3)43(40,41)37-20-18-36(19-21-37)25-14-11-12-15-25/h16-17,22,24-25H,5-15,18-21H2,1-4H3,(H,34,35,39). The Morgan fingerprint density at radius 2 is 1.79 bits per heavy atom. The highest BCUT2D eigenvalue weighted by Gasteiger charge is 2.33. The second kappa shape index (κ2) is 13.9. The van der Waals surface area contributed by atoms with E-state index in [9.17, 15) is 13.2 Å². The van der Waals surface area contributed by atoms with E-state index in [1.807, 2.05) is 13.8 Å². The highest BCUT2D eigenvalue weighted by atomic mass is 32.2. The van der Waals surface area contributed by atoms with Crippen LogP contribution in [0.3, 0.4) is 0 Å². The molecule has 1 aliphatic carbocycles. The molecule has 0 amide bonds. The molecule has 1 unspecified atom stereocenters. The first-order chi connectivity index (χ1) is 20.8. The average Bonchev–Trinajstić information content (AvgIpc) is 3.66. The summed E-state index contributed by atoms with van der Waals surface area (Å²) in [6, 6.07) is 5.45. The first-order valence-corrected chi connectivity index (χ1v) is 17.7. The number of piperazine rings is 1. The number of sulfonamides is 1. The Bertz CT molecular complexity index is 1550. The molecule has 10 nitrogen and oxygen atoms in total. The number of aromatic amines is 1. The Morgan fingerprint density at radius 1 is 1.05 bits per heavy atom. The van der Waals surface area contributed by atoms with E-state index in [2.05, 4.69) is 23.7 Å². The van der Waals surface area contributed by atoms with Crippen molar-refractivity contribution < 1.29 is 13.2 Å². The number of hydrogen-bond donors (Lipinski definition) is 1. The van der Waals surface area contributed by atoms with Crippen LogP contribution in [0.4, 0.5) is 0 Å².